The van der Waals surface area contributed by atoms with Crippen molar-refractivity contribution in [2.45, 2.75) is 45.5 Å². The Labute approximate surface area is 142 Å². The third-order valence-electron chi connectivity index (χ3n) is 4.71. The summed E-state index contributed by atoms with van der Waals surface area (Å²) >= 11 is 0. The fraction of sp³-hybridized carbons (Fsp3) is 0.368. The van der Waals surface area contributed by atoms with E-state index < -0.39 is 0 Å². The van der Waals surface area contributed by atoms with Gasteiger partial charge in [0.2, 0.25) is 0 Å². The molecule has 0 aliphatic carbocycles. The largest absolute Gasteiger partial charge is 0.494 e. The van der Waals surface area contributed by atoms with Crippen molar-refractivity contribution in [3.8, 4) is 5.75 Å². The first-order valence-corrected chi connectivity index (χ1v) is 8.10. The highest BCUT2D eigenvalue weighted by Crippen LogP contribution is 2.36. The van der Waals surface area contributed by atoms with E-state index in [9.17, 15) is 4.39 Å². The molecule has 2 aromatic rings. The van der Waals surface area contributed by atoms with Crippen LogP contribution in [0.5, 0.6) is 5.75 Å². The molecule has 0 N–H and O–H groups in total. The molecule has 0 aromatic heterocycles. The normalized spacial score (nSPS) is 18.6. The molecule has 1 heterocycles. The predicted octanol–water partition coefficient (Wildman–Crippen LogP) is 3.70. The average Bonchev–Trinajstić information content (AvgIpc) is 2.74. The van der Waals surface area contributed by atoms with E-state index in [4.69, 9.17) is 14.0 Å². The topological polar surface area (TPSA) is 27.7 Å². The van der Waals surface area contributed by atoms with Gasteiger partial charge < -0.3 is 14.0 Å². The monoisotopic (exact) mass is 328 g/mol. The Balaban J connectivity index is 1.64. The first-order chi connectivity index (χ1) is 11.3. The van der Waals surface area contributed by atoms with E-state index in [2.05, 4.69) is 0 Å². The minimum atomic E-state index is -0.367. The van der Waals surface area contributed by atoms with Gasteiger partial charge in [0, 0.05) is 6.07 Å². The number of rotatable bonds is 4. The van der Waals surface area contributed by atoms with Gasteiger partial charge >= 0.3 is 7.12 Å². The molecule has 0 atom stereocenters. The summed E-state index contributed by atoms with van der Waals surface area (Å²) in [7, 11) is -0.367. The van der Waals surface area contributed by atoms with Crippen LogP contribution in [0.4, 0.5) is 4.39 Å². The van der Waals surface area contributed by atoms with E-state index in [0.29, 0.717) is 12.4 Å². The third kappa shape index (κ3) is 3.47. The SMILES string of the molecule is CC1(C)OB(c2ccc(COc3cccc(F)c3)cc2)OC1(C)C. The fourth-order valence-corrected chi connectivity index (χ4v) is 2.47. The van der Waals surface area contributed by atoms with Crippen molar-refractivity contribution in [3.05, 3.63) is 59.9 Å². The van der Waals surface area contributed by atoms with Crippen LogP contribution in [-0.4, -0.2) is 18.3 Å². The van der Waals surface area contributed by atoms with Crippen molar-refractivity contribution in [2.75, 3.05) is 0 Å². The van der Waals surface area contributed by atoms with E-state index in [1.807, 2.05) is 52.0 Å². The van der Waals surface area contributed by atoms with E-state index in [1.165, 1.54) is 12.1 Å². The molecule has 3 nitrogen and oxygen atoms in total. The maximum Gasteiger partial charge on any atom is 0.494 e. The molecule has 2 aromatic carbocycles. The molecule has 3 rings (SSSR count). The number of hydrogen-bond donors (Lipinski definition) is 0. The Morgan fingerprint density at radius 3 is 2.17 bits per heavy atom. The molecule has 1 aliphatic rings. The smallest absolute Gasteiger partial charge is 0.489 e. The highest BCUT2D eigenvalue weighted by atomic mass is 19.1. The standard InChI is InChI=1S/C19H22BFO3/c1-18(2)19(3,4)24-20(23-18)15-10-8-14(9-11-15)13-22-17-7-5-6-16(21)12-17/h5-12H,13H2,1-4H3. The molecule has 5 heteroatoms. The van der Waals surface area contributed by atoms with Crippen molar-refractivity contribution in [1.29, 1.82) is 0 Å². The van der Waals surface area contributed by atoms with Gasteiger partial charge in [0.25, 0.3) is 0 Å². The van der Waals surface area contributed by atoms with Crippen molar-refractivity contribution < 1.29 is 18.4 Å². The molecule has 126 valence electrons. The van der Waals surface area contributed by atoms with E-state index in [1.54, 1.807) is 12.1 Å². The van der Waals surface area contributed by atoms with Crippen LogP contribution >= 0.6 is 0 Å². The number of ether oxygens (including phenoxy) is 1. The zero-order chi connectivity index (χ0) is 17.4. The second-order valence-corrected chi connectivity index (χ2v) is 7.08. The molecular weight excluding hydrogens is 306 g/mol. The minimum Gasteiger partial charge on any atom is -0.489 e. The molecule has 0 bridgehead atoms. The maximum atomic E-state index is 13.1. The summed E-state index contributed by atoms with van der Waals surface area (Å²) < 4.78 is 30.8. The van der Waals surface area contributed by atoms with Gasteiger partial charge in [-0.3, -0.25) is 0 Å². The highest BCUT2D eigenvalue weighted by Gasteiger charge is 2.51. The molecule has 0 spiro atoms. The van der Waals surface area contributed by atoms with Gasteiger partial charge in [-0.15, -0.1) is 0 Å². The van der Waals surface area contributed by atoms with Crippen LogP contribution in [0, 0.1) is 5.82 Å². The summed E-state index contributed by atoms with van der Waals surface area (Å²) in [5.74, 6) is 0.216. The van der Waals surface area contributed by atoms with Crippen LogP contribution in [0.15, 0.2) is 48.5 Å². The minimum absolute atomic E-state index is 0.302. The second kappa shape index (κ2) is 6.23. The van der Waals surface area contributed by atoms with Crippen LogP contribution < -0.4 is 10.2 Å². The Hall–Kier alpha value is -1.85. The summed E-state index contributed by atoms with van der Waals surface area (Å²) in [5.41, 5.74) is 1.27. The zero-order valence-corrected chi connectivity index (χ0v) is 14.5. The fourth-order valence-electron chi connectivity index (χ4n) is 2.47. The van der Waals surface area contributed by atoms with Crippen molar-refractivity contribution in [2.24, 2.45) is 0 Å². The van der Waals surface area contributed by atoms with Crippen LogP contribution in [0.3, 0.4) is 0 Å². The van der Waals surface area contributed by atoms with E-state index >= 15 is 0 Å². The highest BCUT2D eigenvalue weighted by molar-refractivity contribution is 6.62. The lowest BCUT2D eigenvalue weighted by atomic mass is 9.79. The Morgan fingerprint density at radius 2 is 1.58 bits per heavy atom. The summed E-state index contributed by atoms with van der Waals surface area (Å²) in [5, 5.41) is 0. The Kier molecular flexibility index (Phi) is 4.41. The second-order valence-electron chi connectivity index (χ2n) is 7.08. The predicted molar refractivity (Wildman–Crippen MR) is 92.9 cm³/mol. The number of hydrogen-bond acceptors (Lipinski definition) is 3. The van der Waals surface area contributed by atoms with Crippen molar-refractivity contribution in [1.82, 2.24) is 0 Å². The lowest BCUT2D eigenvalue weighted by Crippen LogP contribution is -2.41. The molecule has 0 radical (unpaired) electrons. The first kappa shape index (κ1) is 17.0. The first-order valence-electron chi connectivity index (χ1n) is 8.10. The zero-order valence-electron chi connectivity index (χ0n) is 14.5. The lowest BCUT2D eigenvalue weighted by Gasteiger charge is -2.32. The quantitative estimate of drug-likeness (QED) is 0.801. The Bertz CT molecular complexity index is 697. The molecule has 0 saturated carbocycles. The summed E-state index contributed by atoms with van der Waals surface area (Å²) in [6.07, 6.45) is 0. The molecule has 1 saturated heterocycles. The van der Waals surface area contributed by atoms with Gasteiger partial charge in [-0.1, -0.05) is 30.3 Å². The summed E-state index contributed by atoms with van der Waals surface area (Å²) in [4.78, 5) is 0. The molecule has 0 amide bonds. The third-order valence-corrected chi connectivity index (χ3v) is 4.71. The van der Waals surface area contributed by atoms with E-state index in [0.717, 1.165) is 11.0 Å². The summed E-state index contributed by atoms with van der Waals surface area (Å²) in [6, 6.07) is 14.0. The van der Waals surface area contributed by atoms with Gasteiger partial charge in [0.05, 0.1) is 11.2 Å². The number of benzene rings is 2. The molecule has 24 heavy (non-hydrogen) atoms. The van der Waals surface area contributed by atoms with E-state index in [-0.39, 0.29) is 24.1 Å². The molecule has 1 aliphatic heterocycles. The van der Waals surface area contributed by atoms with Gasteiger partial charge in [0.15, 0.2) is 0 Å². The molecular formula is C19H22BFO3. The van der Waals surface area contributed by atoms with Gasteiger partial charge in [-0.2, -0.15) is 0 Å². The Morgan fingerprint density at radius 1 is 0.958 bits per heavy atom. The average molecular weight is 328 g/mol. The van der Waals surface area contributed by atoms with Crippen molar-refractivity contribution >= 4 is 12.6 Å². The van der Waals surface area contributed by atoms with Crippen LogP contribution in [0.2, 0.25) is 0 Å². The van der Waals surface area contributed by atoms with Crippen LogP contribution in [-0.2, 0) is 15.9 Å². The van der Waals surface area contributed by atoms with Crippen LogP contribution in [0.25, 0.3) is 0 Å². The lowest BCUT2D eigenvalue weighted by molar-refractivity contribution is 0.00578. The maximum absolute atomic E-state index is 13.1. The molecule has 1 fully saturated rings. The van der Waals surface area contributed by atoms with Gasteiger partial charge in [0.1, 0.15) is 18.2 Å². The molecule has 0 unspecified atom stereocenters. The summed E-state index contributed by atoms with van der Waals surface area (Å²) in [6.45, 7) is 8.53. The van der Waals surface area contributed by atoms with Crippen LogP contribution in [0.1, 0.15) is 33.3 Å². The van der Waals surface area contributed by atoms with Crippen molar-refractivity contribution in [3.63, 3.8) is 0 Å². The van der Waals surface area contributed by atoms with Gasteiger partial charge in [-0.05, 0) is 50.9 Å². The number of halogens is 1. The van der Waals surface area contributed by atoms with Gasteiger partial charge in [-0.25, -0.2) is 4.39 Å².